The van der Waals surface area contributed by atoms with Crippen LogP contribution in [0.5, 0.6) is 0 Å². The molecule has 252 valence electrons. The molecule has 53 heavy (non-hydrogen) atoms. The van der Waals surface area contributed by atoms with E-state index in [4.69, 9.17) is 4.42 Å². The molecule has 0 atom stereocenters. The van der Waals surface area contributed by atoms with Gasteiger partial charge in [-0.25, -0.2) is 0 Å². The quantitative estimate of drug-likeness (QED) is 0.168. The van der Waals surface area contributed by atoms with E-state index in [1.54, 1.807) is 0 Å². The molecule has 0 N–H and O–H groups in total. The lowest BCUT2D eigenvalue weighted by Gasteiger charge is -2.23. The fourth-order valence-electron chi connectivity index (χ4n) is 9.45. The van der Waals surface area contributed by atoms with E-state index in [1.807, 2.05) is 17.4 Å². The molecule has 0 radical (unpaired) electrons. The fraction of sp³-hybridized carbons (Fsp3) is 0.0980. The highest BCUT2D eigenvalue weighted by Gasteiger charge is 2.37. The van der Waals surface area contributed by atoms with Gasteiger partial charge in [0.2, 0.25) is 0 Å². The Morgan fingerprint density at radius 3 is 1.85 bits per heavy atom. The van der Waals surface area contributed by atoms with Gasteiger partial charge in [-0.05, 0) is 133 Å². The Balaban J connectivity index is 1.13. The predicted octanol–water partition coefficient (Wildman–Crippen LogP) is 15.2. The second kappa shape index (κ2) is 11.0. The van der Waals surface area contributed by atoms with Gasteiger partial charge in [0.05, 0.1) is 0 Å². The van der Waals surface area contributed by atoms with Crippen molar-refractivity contribution >= 4 is 81.8 Å². The Kier molecular flexibility index (Phi) is 6.38. The average molecular weight is 697 g/mol. The summed E-state index contributed by atoms with van der Waals surface area (Å²) in [7, 11) is 0. The first-order valence-corrected chi connectivity index (χ1v) is 19.4. The van der Waals surface area contributed by atoms with Gasteiger partial charge in [-0.1, -0.05) is 123 Å². The van der Waals surface area contributed by atoms with Crippen LogP contribution in [0.3, 0.4) is 0 Å². The van der Waals surface area contributed by atoms with Crippen molar-refractivity contribution in [2.75, 3.05) is 0 Å². The first kappa shape index (κ1) is 30.6. The maximum absolute atomic E-state index is 6.38. The van der Waals surface area contributed by atoms with Crippen molar-refractivity contribution in [1.82, 2.24) is 0 Å². The smallest absolute Gasteiger partial charge is 0.136 e. The van der Waals surface area contributed by atoms with E-state index in [0.717, 1.165) is 21.9 Å². The average Bonchev–Trinajstić information content (AvgIpc) is 3.78. The van der Waals surface area contributed by atoms with E-state index < -0.39 is 0 Å². The summed E-state index contributed by atoms with van der Waals surface area (Å²) in [6, 6.07) is 49.8. The van der Waals surface area contributed by atoms with Gasteiger partial charge in [-0.15, -0.1) is 11.3 Å². The van der Waals surface area contributed by atoms with Crippen LogP contribution in [-0.2, 0) is 5.41 Å². The lowest BCUT2D eigenvalue weighted by atomic mass is 9.80. The summed E-state index contributed by atoms with van der Waals surface area (Å²) in [6.07, 6.45) is 4.41. The molecule has 0 amide bonds. The maximum Gasteiger partial charge on any atom is 0.136 e. The Morgan fingerprint density at radius 1 is 0.528 bits per heavy atom. The van der Waals surface area contributed by atoms with Crippen molar-refractivity contribution in [3.8, 4) is 33.4 Å². The molecule has 1 aliphatic rings. The SMILES string of the molecule is C/C=C\c1c(C)sc2cc3c4c(ccc3cc12)C(C)(C)c1cc(-c2c3ccccc3c(-c3ccc5c(c3)oc3ccccc35)c3ccccc23)ccc1-4. The van der Waals surface area contributed by atoms with Gasteiger partial charge in [0.15, 0.2) is 0 Å². The molecule has 0 bridgehead atoms. The normalized spacial score (nSPS) is 13.7. The topological polar surface area (TPSA) is 13.1 Å². The van der Waals surface area contributed by atoms with Crippen LogP contribution in [0.25, 0.3) is 104 Å². The number of aryl methyl sites for hydroxylation is 1. The zero-order valence-electron chi connectivity index (χ0n) is 30.2. The molecular formula is C51H36OS. The molecule has 0 saturated heterocycles. The van der Waals surface area contributed by atoms with Gasteiger partial charge in [-0.3, -0.25) is 0 Å². The number of furan rings is 1. The summed E-state index contributed by atoms with van der Waals surface area (Å²) in [5.74, 6) is 0. The van der Waals surface area contributed by atoms with Crippen LogP contribution in [0.1, 0.15) is 42.3 Å². The molecule has 2 heteroatoms. The highest BCUT2D eigenvalue weighted by atomic mass is 32.1. The zero-order valence-corrected chi connectivity index (χ0v) is 31.0. The summed E-state index contributed by atoms with van der Waals surface area (Å²) < 4.78 is 7.74. The molecule has 2 heterocycles. The predicted molar refractivity (Wildman–Crippen MR) is 230 cm³/mol. The van der Waals surface area contributed by atoms with E-state index in [2.05, 4.69) is 167 Å². The van der Waals surface area contributed by atoms with Crippen LogP contribution in [0.15, 0.2) is 144 Å². The second-order valence-electron chi connectivity index (χ2n) is 15.2. The minimum absolute atomic E-state index is 0.140. The van der Waals surface area contributed by atoms with Gasteiger partial charge in [-0.2, -0.15) is 0 Å². The number of allylic oxidation sites excluding steroid dienone is 1. The van der Waals surface area contributed by atoms with Gasteiger partial charge in [0.1, 0.15) is 11.2 Å². The summed E-state index contributed by atoms with van der Waals surface area (Å²) in [5.41, 5.74) is 13.5. The second-order valence-corrected chi connectivity index (χ2v) is 16.4. The molecule has 10 aromatic rings. The Bertz CT molecular complexity index is 3160. The van der Waals surface area contributed by atoms with E-state index in [9.17, 15) is 0 Å². The van der Waals surface area contributed by atoms with Crippen molar-refractivity contribution in [1.29, 1.82) is 0 Å². The van der Waals surface area contributed by atoms with Crippen LogP contribution in [-0.4, -0.2) is 0 Å². The number of hydrogen-bond donors (Lipinski definition) is 0. The molecule has 0 saturated carbocycles. The van der Waals surface area contributed by atoms with Crippen LogP contribution in [0, 0.1) is 6.92 Å². The molecule has 0 unspecified atom stereocenters. The van der Waals surface area contributed by atoms with E-state index in [0.29, 0.717) is 0 Å². The number of benzene rings is 8. The Morgan fingerprint density at radius 2 is 1.15 bits per heavy atom. The van der Waals surface area contributed by atoms with Gasteiger partial charge in [0.25, 0.3) is 0 Å². The first-order valence-electron chi connectivity index (χ1n) is 18.5. The molecular weight excluding hydrogens is 661 g/mol. The largest absolute Gasteiger partial charge is 0.456 e. The third-order valence-electron chi connectivity index (χ3n) is 11.9. The minimum atomic E-state index is -0.140. The number of fused-ring (bicyclic) bond motifs is 11. The number of hydrogen-bond acceptors (Lipinski definition) is 2. The van der Waals surface area contributed by atoms with Crippen LogP contribution in [0.2, 0.25) is 0 Å². The van der Waals surface area contributed by atoms with E-state index in [-0.39, 0.29) is 5.41 Å². The number of para-hydroxylation sites is 1. The molecule has 0 spiro atoms. The summed E-state index contributed by atoms with van der Waals surface area (Å²) >= 11 is 1.91. The molecule has 1 nitrogen and oxygen atoms in total. The highest BCUT2D eigenvalue weighted by molar-refractivity contribution is 7.19. The molecule has 1 aliphatic carbocycles. The summed E-state index contributed by atoms with van der Waals surface area (Å²) in [6.45, 7) is 9.15. The lowest BCUT2D eigenvalue weighted by molar-refractivity contribution is 0.661. The van der Waals surface area contributed by atoms with Crippen molar-refractivity contribution in [3.63, 3.8) is 0 Å². The summed E-state index contributed by atoms with van der Waals surface area (Å²) in [4.78, 5) is 1.37. The van der Waals surface area contributed by atoms with Crippen LogP contribution < -0.4 is 0 Å². The maximum atomic E-state index is 6.38. The molecule has 0 aliphatic heterocycles. The van der Waals surface area contributed by atoms with E-state index in [1.165, 1.54) is 97.4 Å². The van der Waals surface area contributed by atoms with Crippen molar-refractivity contribution in [2.45, 2.75) is 33.1 Å². The van der Waals surface area contributed by atoms with E-state index >= 15 is 0 Å². The van der Waals surface area contributed by atoms with Crippen molar-refractivity contribution < 1.29 is 4.42 Å². The van der Waals surface area contributed by atoms with Gasteiger partial charge < -0.3 is 4.42 Å². The minimum Gasteiger partial charge on any atom is -0.456 e. The van der Waals surface area contributed by atoms with Gasteiger partial charge >= 0.3 is 0 Å². The standard InChI is InChI=1S/C51H36OS/c1-5-12-33-29(2)53-47-28-41-30(25-42(33)47)21-24-43-50(41)40-23-20-31(26-44(40)51(43,3)4)48-36-14-6-8-16-38(36)49(39-17-9-7-15-37(39)48)32-19-22-35-34-13-10-11-18-45(34)52-46(35)27-32/h5-28H,1-4H3/b12-5-. The molecule has 0 fully saturated rings. The lowest BCUT2D eigenvalue weighted by Crippen LogP contribution is -2.15. The monoisotopic (exact) mass is 696 g/mol. The van der Waals surface area contributed by atoms with Crippen molar-refractivity contribution in [3.05, 3.63) is 161 Å². The highest BCUT2D eigenvalue weighted by Crippen LogP contribution is 2.54. The summed E-state index contributed by atoms with van der Waals surface area (Å²) in [5, 5.41) is 11.3. The third-order valence-corrected chi connectivity index (χ3v) is 13.0. The molecule has 2 aromatic heterocycles. The first-order chi connectivity index (χ1) is 25.9. The number of rotatable bonds is 3. The van der Waals surface area contributed by atoms with Crippen LogP contribution >= 0.6 is 11.3 Å². The van der Waals surface area contributed by atoms with Gasteiger partial charge in [0, 0.05) is 31.2 Å². The van der Waals surface area contributed by atoms with Crippen molar-refractivity contribution in [2.24, 2.45) is 0 Å². The Hall–Kier alpha value is -5.96. The fourth-order valence-corrected chi connectivity index (χ4v) is 10.5. The zero-order chi connectivity index (χ0) is 35.6. The van der Waals surface area contributed by atoms with Crippen LogP contribution in [0.4, 0.5) is 0 Å². The third kappa shape index (κ3) is 4.24. The molecule has 8 aromatic carbocycles. The number of thiophene rings is 1. The molecule has 11 rings (SSSR count). The Labute approximate surface area is 312 Å².